The van der Waals surface area contributed by atoms with Gasteiger partial charge in [-0.1, -0.05) is 55.0 Å². The SMILES string of the molecule is C#CN(C(=O)C(Cc1ccccc1)NC(=O)OC(C)(C)C)C(C(=O)NCC(=O)OC)c1ccccc1O. The number of benzene rings is 2. The molecule has 2 atom stereocenters. The van der Waals surface area contributed by atoms with Crippen molar-refractivity contribution in [3.63, 3.8) is 0 Å². The number of phenols is 1. The van der Waals surface area contributed by atoms with Crippen molar-refractivity contribution in [2.45, 2.75) is 44.9 Å². The summed E-state index contributed by atoms with van der Waals surface area (Å²) in [5.41, 5.74) is -0.0995. The molecule has 0 aliphatic carbocycles. The third-order valence-corrected chi connectivity index (χ3v) is 5.02. The lowest BCUT2D eigenvalue weighted by molar-refractivity contribution is -0.142. The zero-order valence-corrected chi connectivity index (χ0v) is 21.2. The molecule has 0 aliphatic rings. The lowest BCUT2D eigenvalue weighted by Crippen LogP contribution is -2.52. The number of nitrogens with zero attached hydrogens (tertiary/aromatic N) is 1. The number of terminal acetylenes is 1. The summed E-state index contributed by atoms with van der Waals surface area (Å²) in [6.45, 7) is 4.53. The number of aromatic hydroxyl groups is 1. The largest absolute Gasteiger partial charge is 0.508 e. The van der Waals surface area contributed by atoms with Crippen molar-refractivity contribution >= 4 is 23.9 Å². The number of alkyl carbamates (subject to hydrolysis) is 1. The van der Waals surface area contributed by atoms with E-state index in [9.17, 15) is 24.3 Å². The molecule has 0 aliphatic heterocycles. The number of phenolic OH excluding ortho intramolecular Hbond substituents is 1. The van der Waals surface area contributed by atoms with Gasteiger partial charge in [-0.05, 0) is 32.4 Å². The van der Waals surface area contributed by atoms with Crippen LogP contribution in [0.1, 0.15) is 37.9 Å². The van der Waals surface area contributed by atoms with Crippen molar-refractivity contribution in [1.82, 2.24) is 15.5 Å². The van der Waals surface area contributed by atoms with Crippen LogP contribution < -0.4 is 10.6 Å². The molecule has 196 valence electrons. The topological polar surface area (TPSA) is 134 Å². The second-order valence-electron chi connectivity index (χ2n) is 8.98. The van der Waals surface area contributed by atoms with E-state index >= 15 is 0 Å². The van der Waals surface area contributed by atoms with Gasteiger partial charge in [-0.2, -0.15) is 0 Å². The van der Waals surface area contributed by atoms with E-state index in [1.807, 2.05) is 0 Å². The molecule has 37 heavy (non-hydrogen) atoms. The first kappa shape index (κ1) is 28.7. The van der Waals surface area contributed by atoms with Crippen LogP contribution in [0.3, 0.4) is 0 Å². The van der Waals surface area contributed by atoms with Gasteiger partial charge in [0.1, 0.15) is 23.9 Å². The van der Waals surface area contributed by atoms with E-state index in [4.69, 9.17) is 11.2 Å². The third-order valence-electron chi connectivity index (χ3n) is 5.02. The van der Waals surface area contributed by atoms with Crippen LogP contribution in [0.15, 0.2) is 54.6 Å². The number of methoxy groups -OCH3 is 1. The minimum Gasteiger partial charge on any atom is -0.508 e. The summed E-state index contributed by atoms with van der Waals surface area (Å²) >= 11 is 0. The summed E-state index contributed by atoms with van der Waals surface area (Å²) in [6, 6.07) is 14.2. The molecule has 0 heterocycles. The van der Waals surface area contributed by atoms with Crippen molar-refractivity contribution in [1.29, 1.82) is 0 Å². The lowest BCUT2D eigenvalue weighted by Gasteiger charge is -2.30. The molecule has 0 fully saturated rings. The van der Waals surface area contributed by atoms with Gasteiger partial charge in [-0.15, -0.1) is 0 Å². The van der Waals surface area contributed by atoms with Crippen LogP contribution in [0.2, 0.25) is 0 Å². The molecular formula is C27H31N3O7. The molecule has 2 unspecified atom stereocenters. The normalized spacial score (nSPS) is 12.3. The van der Waals surface area contributed by atoms with Crippen molar-refractivity contribution in [2.75, 3.05) is 13.7 Å². The van der Waals surface area contributed by atoms with Gasteiger partial charge in [0, 0.05) is 18.0 Å². The molecule has 0 saturated heterocycles. The third kappa shape index (κ3) is 8.58. The van der Waals surface area contributed by atoms with E-state index in [2.05, 4.69) is 21.4 Å². The summed E-state index contributed by atoms with van der Waals surface area (Å²) in [7, 11) is 1.16. The first-order chi connectivity index (χ1) is 17.5. The second kappa shape index (κ2) is 13.0. The Morgan fingerprint density at radius 2 is 1.68 bits per heavy atom. The highest BCUT2D eigenvalue weighted by Gasteiger charge is 2.37. The molecule has 0 aromatic heterocycles. The Morgan fingerprint density at radius 3 is 2.24 bits per heavy atom. The van der Waals surface area contributed by atoms with E-state index in [1.165, 1.54) is 18.2 Å². The summed E-state index contributed by atoms with van der Waals surface area (Å²) in [4.78, 5) is 51.9. The minimum atomic E-state index is -1.53. The Hall–Kier alpha value is -4.52. The van der Waals surface area contributed by atoms with Crippen molar-refractivity contribution in [3.8, 4) is 18.2 Å². The van der Waals surface area contributed by atoms with Crippen LogP contribution in [-0.4, -0.2) is 59.2 Å². The van der Waals surface area contributed by atoms with Crippen LogP contribution >= 0.6 is 0 Å². The second-order valence-corrected chi connectivity index (χ2v) is 8.98. The minimum absolute atomic E-state index is 0.0203. The van der Waals surface area contributed by atoms with Crippen LogP contribution in [-0.2, 0) is 30.3 Å². The molecule has 3 N–H and O–H groups in total. The zero-order chi connectivity index (χ0) is 27.6. The number of hydrogen-bond acceptors (Lipinski definition) is 7. The summed E-state index contributed by atoms with van der Waals surface area (Å²) < 4.78 is 9.86. The average molecular weight is 510 g/mol. The fraction of sp³-hybridized carbons (Fsp3) is 0.333. The maximum absolute atomic E-state index is 13.8. The number of carbonyl (C=O) groups is 4. The molecule has 10 heteroatoms. The first-order valence-corrected chi connectivity index (χ1v) is 11.4. The molecule has 3 amide bonds. The first-order valence-electron chi connectivity index (χ1n) is 11.4. The van der Waals surface area contributed by atoms with Gasteiger partial charge in [0.25, 0.3) is 5.91 Å². The van der Waals surface area contributed by atoms with Gasteiger partial charge in [0.05, 0.1) is 7.11 Å². The van der Waals surface area contributed by atoms with Crippen LogP contribution in [0, 0.1) is 12.5 Å². The van der Waals surface area contributed by atoms with Crippen molar-refractivity contribution in [3.05, 3.63) is 65.7 Å². The maximum atomic E-state index is 13.8. The number of amides is 3. The van der Waals surface area contributed by atoms with E-state index in [1.54, 1.807) is 57.2 Å². The maximum Gasteiger partial charge on any atom is 0.408 e. The number of carbonyl (C=O) groups excluding carboxylic acids is 4. The van der Waals surface area contributed by atoms with Crippen LogP contribution in [0.25, 0.3) is 0 Å². The summed E-state index contributed by atoms with van der Waals surface area (Å²) in [6.07, 6.45) is 4.89. The van der Waals surface area contributed by atoms with Crippen molar-refractivity contribution in [2.24, 2.45) is 0 Å². The van der Waals surface area contributed by atoms with Crippen LogP contribution in [0.5, 0.6) is 5.75 Å². The number of hydrogen-bond donors (Lipinski definition) is 3. The van der Waals surface area contributed by atoms with Gasteiger partial charge in [0.2, 0.25) is 5.91 Å². The Kier molecular flexibility index (Phi) is 10.1. The van der Waals surface area contributed by atoms with Gasteiger partial charge < -0.3 is 25.2 Å². The van der Waals surface area contributed by atoms with E-state index in [-0.39, 0.29) is 17.7 Å². The number of ether oxygens (including phenoxy) is 2. The highest BCUT2D eigenvalue weighted by molar-refractivity contribution is 5.94. The van der Waals surface area contributed by atoms with E-state index in [0.29, 0.717) is 5.56 Å². The number of nitrogens with one attached hydrogen (secondary N) is 2. The number of para-hydroxylation sites is 1. The van der Waals surface area contributed by atoms with Gasteiger partial charge >= 0.3 is 12.1 Å². The molecule has 2 aromatic rings. The molecular weight excluding hydrogens is 478 g/mol. The highest BCUT2D eigenvalue weighted by Crippen LogP contribution is 2.29. The van der Waals surface area contributed by atoms with E-state index < -0.39 is 48.1 Å². The molecule has 2 aromatic carbocycles. The molecule has 0 bridgehead atoms. The van der Waals surface area contributed by atoms with Crippen molar-refractivity contribution < 1.29 is 33.8 Å². The number of esters is 1. The fourth-order valence-electron chi connectivity index (χ4n) is 3.38. The predicted molar refractivity (Wildman–Crippen MR) is 135 cm³/mol. The average Bonchev–Trinajstić information content (AvgIpc) is 2.85. The van der Waals surface area contributed by atoms with E-state index in [0.717, 1.165) is 12.0 Å². The predicted octanol–water partition coefficient (Wildman–Crippen LogP) is 2.28. The fourth-order valence-corrected chi connectivity index (χ4v) is 3.38. The summed E-state index contributed by atoms with van der Waals surface area (Å²) in [5, 5.41) is 15.4. The molecule has 2 rings (SSSR count). The molecule has 0 radical (unpaired) electrons. The molecule has 0 spiro atoms. The Bertz CT molecular complexity index is 1150. The Balaban J connectivity index is 2.47. The van der Waals surface area contributed by atoms with Crippen LogP contribution in [0.4, 0.5) is 4.79 Å². The standard InChI is InChI=1S/C27H31N3O7/c1-6-30(23(19-14-10-11-15-21(19)31)24(33)28-17-22(32)36-5)25(34)20(16-18-12-8-7-9-13-18)29-26(35)37-27(2,3)4/h1,7-15,20,23,31H,16-17H2,2-5H3,(H,28,33)(H,29,35). The van der Waals surface area contributed by atoms with Gasteiger partial charge in [0.15, 0.2) is 6.04 Å². The Morgan fingerprint density at radius 1 is 1.05 bits per heavy atom. The molecule has 10 nitrogen and oxygen atoms in total. The summed E-state index contributed by atoms with van der Waals surface area (Å²) in [5.74, 6) is -2.67. The van der Waals surface area contributed by atoms with Gasteiger partial charge in [-0.3, -0.25) is 19.3 Å². The smallest absolute Gasteiger partial charge is 0.408 e. The number of rotatable bonds is 9. The van der Waals surface area contributed by atoms with Gasteiger partial charge in [-0.25, -0.2) is 4.79 Å². The highest BCUT2D eigenvalue weighted by atomic mass is 16.6. The monoisotopic (exact) mass is 509 g/mol. The Labute approximate surface area is 215 Å². The lowest BCUT2D eigenvalue weighted by atomic mass is 10.00. The molecule has 0 saturated carbocycles. The quantitative estimate of drug-likeness (QED) is 0.268. The zero-order valence-electron chi connectivity index (χ0n) is 21.2.